The topological polar surface area (TPSA) is 32.5 Å². The minimum absolute atomic E-state index is 0.592. The highest BCUT2D eigenvalue weighted by Gasteiger charge is 2.30. The fourth-order valence-corrected chi connectivity index (χ4v) is 3.35. The van der Waals surface area contributed by atoms with E-state index in [2.05, 4.69) is 15.9 Å². The maximum Gasteiger partial charge on any atom is 0.416 e. The smallest absolute Gasteiger partial charge is 0.399 e. The minimum atomic E-state index is -4.28. The third kappa shape index (κ3) is 5.22. The van der Waals surface area contributed by atoms with Crippen LogP contribution in [0.2, 0.25) is 0 Å². The molecule has 1 aliphatic rings. The Hall–Kier alpha value is -2.05. The number of hydrogen-bond donors (Lipinski definition) is 1. The van der Waals surface area contributed by atoms with Gasteiger partial charge in [0.1, 0.15) is 0 Å². The van der Waals surface area contributed by atoms with Gasteiger partial charge in [-0.25, -0.2) is 0 Å². The van der Waals surface area contributed by atoms with Crippen molar-refractivity contribution < 1.29 is 13.2 Å². The summed E-state index contributed by atoms with van der Waals surface area (Å²) in [6.07, 6.45) is -3.23. The predicted octanol–water partition coefficient (Wildman–Crippen LogP) is 4.00. The van der Waals surface area contributed by atoms with Crippen molar-refractivity contribution in [3.63, 3.8) is 0 Å². The van der Waals surface area contributed by atoms with Crippen LogP contribution in [0.3, 0.4) is 0 Å². The first-order valence-corrected chi connectivity index (χ1v) is 8.85. The van der Waals surface area contributed by atoms with E-state index in [4.69, 9.17) is 5.73 Å². The van der Waals surface area contributed by atoms with Gasteiger partial charge in [-0.05, 0) is 54.9 Å². The van der Waals surface area contributed by atoms with Crippen LogP contribution in [-0.2, 0) is 19.3 Å². The van der Waals surface area contributed by atoms with Gasteiger partial charge >= 0.3 is 6.18 Å². The average Bonchev–Trinajstić information content (AvgIpc) is 2.80. The van der Waals surface area contributed by atoms with Crippen molar-refractivity contribution in [2.75, 3.05) is 31.9 Å². The standard InChI is InChI=1S/C20H24F3N3/c21-20(22,23)18-7-5-16(6-8-18)14-25-9-2-10-26(12-11-25)15-17-3-1-4-19(24)13-17/h1,3-8,13H,2,9-12,14-15,24H2. The van der Waals surface area contributed by atoms with Crippen LogP contribution in [0.15, 0.2) is 48.5 Å². The SMILES string of the molecule is Nc1cccc(CN2CCCN(Cc3ccc(C(F)(F)F)cc3)CC2)c1. The molecule has 140 valence electrons. The molecule has 0 radical (unpaired) electrons. The van der Waals surface area contributed by atoms with Crippen LogP contribution < -0.4 is 5.73 Å². The number of halogens is 3. The Balaban J connectivity index is 1.53. The molecule has 0 bridgehead atoms. The largest absolute Gasteiger partial charge is 0.416 e. The molecule has 3 nitrogen and oxygen atoms in total. The molecule has 0 unspecified atom stereocenters. The van der Waals surface area contributed by atoms with Crippen LogP contribution in [-0.4, -0.2) is 36.0 Å². The number of alkyl halides is 3. The van der Waals surface area contributed by atoms with Gasteiger partial charge in [0.15, 0.2) is 0 Å². The van der Waals surface area contributed by atoms with Crippen molar-refractivity contribution in [3.05, 3.63) is 65.2 Å². The Morgan fingerprint density at radius 3 is 2.00 bits per heavy atom. The number of rotatable bonds is 4. The van der Waals surface area contributed by atoms with Gasteiger partial charge in [-0.3, -0.25) is 9.80 Å². The van der Waals surface area contributed by atoms with E-state index in [-0.39, 0.29) is 0 Å². The van der Waals surface area contributed by atoms with Gasteiger partial charge in [-0.2, -0.15) is 13.2 Å². The number of nitrogens with zero attached hydrogens (tertiary/aromatic N) is 2. The van der Waals surface area contributed by atoms with Gasteiger partial charge in [0.25, 0.3) is 0 Å². The first-order chi connectivity index (χ1) is 12.4. The summed E-state index contributed by atoms with van der Waals surface area (Å²) in [6, 6.07) is 13.4. The Kier molecular flexibility index (Phi) is 5.84. The highest BCUT2D eigenvalue weighted by molar-refractivity contribution is 5.40. The second-order valence-electron chi connectivity index (χ2n) is 6.85. The van der Waals surface area contributed by atoms with Crippen LogP contribution >= 0.6 is 0 Å². The van der Waals surface area contributed by atoms with Gasteiger partial charge in [0.2, 0.25) is 0 Å². The second-order valence-corrected chi connectivity index (χ2v) is 6.85. The van der Waals surface area contributed by atoms with E-state index >= 15 is 0 Å². The van der Waals surface area contributed by atoms with Crippen molar-refractivity contribution in [2.24, 2.45) is 0 Å². The average molecular weight is 363 g/mol. The molecule has 2 aromatic rings. The number of nitrogen functional groups attached to an aromatic ring is 1. The third-order valence-corrected chi connectivity index (χ3v) is 4.73. The quantitative estimate of drug-likeness (QED) is 0.834. The molecular weight excluding hydrogens is 339 g/mol. The molecule has 0 aromatic heterocycles. The molecular formula is C20H24F3N3. The molecule has 26 heavy (non-hydrogen) atoms. The minimum Gasteiger partial charge on any atom is -0.399 e. The summed E-state index contributed by atoms with van der Waals surface area (Å²) >= 11 is 0. The molecule has 2 aromatic carbocycles. The predicted molar refractivity (Wildman–Crippen MR) is 97.5 cm³/mol. The lowest BCUT2D eigenvalue weighted by Gasteiger charge is -2.22. The highest BCUT2D eigenvalue weighted by atomic mass is 19.4. The molecule has 1 heterocycles. The normalized spacial score (nSPS) is 17.2. The molecule has 6 heteroatoms. The molecule has 1 saturated heterocycles. The maximum atomic E-state index is 12.7. The molecule has 0 saturated carbocycles. The Labute approximate surface area is 152 Å². The number of nitrogens with two attached hydrogens (primary N) is 1. The third-order valence-electron chi connectivity index (χ3n) is 4.73. The van der Waals surface area contributed by atoms with Crippen LogP contribution in [0.25, 0.3) is 0 Å². The first-order valence-electron chi connectivity index (χ1n) is 8.85. The van der Waals surface area contributed by atoms with Crippen molar-refractivity contribution in [2.45, 2.75) is 25.7 Å². The zero-order chi connectivity index (χ0) is 18.6. The zero-order valence-electron chi connectivity index (χ0n) is 14.7. The Morgan fingerprint density at radius 2 is 1.42 bits per heavy atom. The van der Waals surface area contributed by atoms with Crippen LogP contribution in [0.1, 0.15) is 23.1 Å². The molecule has 0 spiro atoms. The van der Waals surface area contributed by atoms with E-state index in [1.165, 1.54) is 17.7 Å². The Morgan fingerprint density at radius 1 is 0.808 bits per heavy atom. The van der Waals surface area contributed by atoms with Crippen molar-refractivity contribution in [3.8, 4) is 0 Å². The lowest BCUT2D eigenvalue weighted by atomic mass is 10.1. The molecule has 2 N–H and O–H groups in total. The van der Waals surface area contributed by atoms with Gasteiger partial charge in [-0.15, -0.1) is 0 Å². The van der Waals surface area contributed by atoms with Gasteiger partial charge in [0.05, 0.1) is 5.56 Å². The van der Waals surface area contributed by atoms with Crippen molar-refractivity contribution >= 4 is 5.69 Å². The highest BCUT2D eigenvalue weighted by Crippen LogP contribution is 2.29. The number of hydrogen-bond acceptors (Lipinski definition) is 3. The van der Waals surface area contributed by atoms with Crippen LogP contribution in [0.4, 0.5) is 18.9 Å². The number of anilines is 1. The van der Waals surface area contributed by atoms with Crippen LogP contribution in [0.5, 0.6) is 0 Å². The lowest BCUT2D eigenvalue weighted by Crippen LogP contribution is -2.30. The van der Waals surface area contributed by atoms with E-state index < -0.39 is 11.7 Å². The van der Waals surface area contributed by atoms with Crippen molar-refractivity contribution in [1.82, 2.24) is 9.80 Å². The summed E-state index contributed by atoms with van der Waals surface area (Å²) in [5.74, 6) is 0. The first kappa shape index (κ1) is 18.7. The van der Waals surface area contributed by atoms with Gasteiger partial charge < -0.3 is 5.73 Å². The van der Waals surface area contributed by atoms with E-state index in [0.29, 0.717) is 6.54 Å². The summed E-state index contributed by atoms with van der Waals surface area (Å²) < 4.78 is 38.0. The number of benzene rings is 2. The van der Waals surface area contributed by atoms with Gasteiger partial charge in [0, 0.05) is 31.9 Å². The molecule has 1 fully saturated rings. The molecule has 0 atom stereocenters. The summed E-state index contributed by atoms with van der Waals surface area (Å²) in [7, 11) is 0. The fraction of sp³-hybridized carbons (Fsp3) is 0.400. The summed E-state index contributed by atoms with van der Waals surface area (Å²) in [5, 5.41) is 0. The van der Waals surface area contributed by atoms with E-state index in [1.807, 2.05) is 18.2 Å². The van der Waals surface area contributed by atoms with E-state index in [0.717, 1.165) is 50.4 Å². The lowest BCUT2D eigenvalue weighted by molar-refractivity contribution is -0.137. The summed E-state index contributed by atoms with van der Waals surface area (Å²) in [4.78, 5) is 4.71. The molecule has 3 rings (SSSR count). The molecule has 0 aliphatic carbocycles. The Bertz CT molecular complexity index is 713. The fourth-order valence-electron chi connectivity index (χ4n) is 3.35. The van der Waals surface area contributed by atoms with E-state index in [9.17, 15) is 13.2 Å². The summed E-state index contributed by atoms with van der Waals surface area (Å²) in [6.45, 7) is 5.37. The van der Waals surface area contributed by atoms with E-state index in [1.54, 1.807) is 12.1 Å². The second kappa shape index (κ2) is 8.10. The van der Waals surface area contributed by atoms with Crippen LogP contribution in [0, 0.1) is 0 Å². The molecule has 0 amide bonds. The maximum absolute atomic E-state index is 12.7. The van der Waals surface area contributed by atoms with Crippen molar-refractivity contribution in [1.29, 1.82) is 0 Å². The van der Waals surface area contributed by atoms with Gasteiger partial charge in [-0.1, -0.05) is 24.3 Å². The summed E-state index contributed by atoms with van der Waals surface area (Å²) in [5.41, 5.74) is 8.16. The zero-order valence-corrected chi connectivity index (χ0v) is 14.7. The monoisotopic (exact) mass is 363 g/mol. The molecule has 1 aliphatic heterocycles.